The highest BCUT2D eigenvalue weighted by Gasteiger charge is 2.17. The van der Waals surface area contributed by atoms with E-state index in [-0.39, 0.29) is 16.1 Å². The van der Waals surface area contributed by atoms with E-state index in [2.05, 4.69) is 4.98 Å². The van der Waals surface area contributed by atoms with Gasteiger partial charge in [0, 0.05) is 6.20 Å². The van der Waals surface area contributed by atoms with Crippen LogP contribution in [0.1, 0.15) is 5.56 Å². The van der Waals surface area contributed by atoms with Gasteiger partial charge in [0.25, 0.3) is 0 Å². The maximum atomic E-state index is 13.3. The molecular weight excluding hydrogens is 274 g/mol. The van der Waals surface area contributed by atoms with Gasteiger partial charge in [-0.1, -0.05) is 0 Å². The summed E-state index contributed by atoms with van der Waals surface area (Å²) in [6, 6.07) is 4.29. The number of pyridine rings is 1. The molecule has 0 aliphatic carbocycles. The van der Waals surface area contributed by atoms with Gasteiger partial charge in [0.1, 0.15) is 11.6 Å². The molecule has 0 fully saturated rings. The molecule has 0 aliphatic rings. The van der Waals surface area contributed by atoms with Crippen molar-refractivity contribution in [2.45, 2.75) is 10.6 Å². The molecule has 100 valence electrons. The SMILES string of the molecule is Nc1ccc(S(=O)(=O)Cc2cncc(F)c2)cc1F. The molecule has 1 aromatic carbocycles. The Balaban J connectivity index is 2.35. The van der Waals surface area contributed by atoms with Crippen LogP contribution in [0, 0.1) is 11.6 Å². The van der Waals surface area contributed by atoms with E-state index in [0.717, 1.165) is 18.3 Å². The molecule has 0 saturated carbocycles. The molecular formula is C12H10F2N2O2S. The number of aromatic nitrogens is 1. The van der Waals surface area contributed by atoms with Crippen LogP contribution in [0.2, 0.25) is 0 Å². The molecule has 0 spiro atoms. The Morgan fingerprint density at radius 1 is 1.16 bits per heavy atom. The Labute approximate surface area is 108 Å². The second-order valence-electron chi connectivity index (χ2n) is 3.95. The van der Waals surface area contributed by atoms with Gasteiger partial charge in [-0.15, -0.1) is 0 Å². The monoisotopic (exact) mass is 284 g/mol. The Kier molecular flexibility index (Phi) is 3.48. The molecule has 0 saturated heterocycles. The molecule has 0 atom stereocenters. The Bertz CT molecular complexity index is 717. The van der Waals surface area contributed by atoms with Crippen LogP contribution in [-0.2, 0) is 15.6 Å². The number of nitrogens with zero attached hydrogens (tertiary/aromatic N) is 1. The number of anilines is 1. The van der Waals surface area contributed by atoms with Crippen molar-refractivity contribution in [2.75, 3.05) is 5.73 Å². The summed E-state index contributed by atoms with van der Waals surface area (Å²) in [4.78, 5) is 3.36. The molecule has 19 heavy (non-hydrogen) atoms. The van der Waals surface area contributed by atoms with Gasteiger partial charge in [-0.3, -0.25) is 4.98 Å². The molecule has 1 heterocycles. The molecule has 2 rings (SSSR count). The zero-order valence-corrected chi connectivity index (χ0v) is 10.5. The molecule has 4 nitrogen and oxygen atoms in total. The molecule has 7 heteroatoms. The number of hydrogen-bond donors (Lipinski definition) is 1. The van der Waals surface area contributed by atoms with Gasteiger partial charge in [0.2, 0.25) is 0 Å². The van der Waals surface area contributed by atoms with Gasteiger partial charge < -0.3 is 5.73 Å². The number of halogens is 2. The van der Waals surface area contributed by atoms with E-state index in [1.807, 2.05) is 0 Å². The second-order valence-corrected chi connectivity index (χ2v) is 5.94. The van der Waals surface area contributed by atoms with Crippen LogP contribution in [0.25, 0.3) is 0 Å². The maximum Gasteiger partial charge on any atom is 0.182 e. The quantitative estimate of drug-likeness (QED) is 0.874. The number of hydrogen-bond acceptors (Lipinski definition) is 4. The van der Waals surface area contributed by atoms with Gasteiger partial charge in [0.15, 0.2) is 9.84 Å². The lowest BCUT2D eigenvalue weighted by Gasteiger charge is -2.05. The van der Waals surface area contributed by atoms with E-state index < -0.39 is 27.2 Å². The minimum absolute atomic E-state index is 0.133. The predicted molar refractivity (Wildman–Crippen MR) is 65.9 cm³/mol. The Morgan fingerprint density at radius 3 is 2.53 bits per heavy atom. The third-order valence-electron chi connectivity index (χ3n) is 2.45. The first-order chi connectivity index (χ1) is 8.88. The van der Waals surface area contributed by atoms with Crippen LogP contribution >= 0.6 is 0 Å². The Hall–Kier alpha value is -2.02. The van der Waals surface area contributed by atoms with Gasteiger partial charge in [-0.05, 0) is 29.8 Å². The molecule has 2 N–H and O–H groups in total. The van der Waals surface area contributed by atoms with Crippen LogP contribution in [-0.4, -0.2) is 13.4 Å². The summed E-state index contributed by atoms with van der Waals surface area (Å²) in [6.07, 6.45) is 2.22. The van der Waals surface area contributed by atoms with E-state index >= 15 is 0 Å². The highest BCUT2D eigenvalue weighted by molar-refractivity contribution is 7.90. The summed E-state index contributed by atoms with van der Waals surface area (Å²) in [7, 11) is -3.77. The smallest absolute Gasteiger partial charge is 0.182 e. The number of nitrogens with two attached hydrogens (primary N) is 1. The third kappa shape index (κ3) is 3.05. The molecule has 0 unspecified atom stereocenters. The zero-order chi connectivity index (χ0) is 14.0. The maximum absolute atomic E-state index is 13.3. The van der Waals surface area contributed by atoms with Crippen molar-refractivity contribution in [3.05, 3.63) is 53.9 Å². The zero-order valence-electron chi connectivity index (χ0n) is 9.68. The molecule has 0 amide bonds. The van der Waals surface area contributed by atoms with Crippen molar-refractivity contribution in [1.82, 2.24) is 4.98 Å². The van der Waals surface area contributed by atoms with Crippen molar-refractivity contribution in [3.63, 3.8) is 0 Å². The lowest BCUT2D eigenvalue weighted by molar-refractivity contribution is 0.590. The molecule has 1 aromatic heterocycles. The van der Waals surface area contributed by atoms with Gasteiger partial charge >= 0.3 is 0 Å². The highest BCUT2D eigenvalue weighted by atomic mass is 32.2. The van der Waals surface area contributed by atoms with Gasteiger partial charge in [0.05, 0.1) is 22.5 Å². The van der Waals surface area contributed by atoms with E-state index in [4.69, 9.17) is 5.73 Å². The largest absolute Gasteiger partial charge is 0.396 e. The van der Waals surface area contributed by atoms with Crippen LogP contribution in [0.3, 0.4) is 0 Å². The predicted octanol–water partition coefficient (Wildman–Crippen LogP) is 1.92. The first-order valence-electron chi connectivity index (χ1n) is 5.26. The standard InChI is InChI=1S/C12H10F2N2O2S/c13-9-3-8(5-16-6-9)7-19(17,18)10-1-2-12(15)11(14)4-10/h1-6H,7,15H2. The summed E-state index contributed by atoms with van der Waals surface area (Å²) < 4.78 is 50.2. The van der Waals surface area contributed by atoms with E-state index in [1.54, 1.807) is 0 Å². The van der Waals surface area contributed by atoms with E-state index in [0.29, 0.717) is 0 Å². The van der Waals surface area contributed by atoms with E-state index in [1.165, 1.54) is 18.3 Å². The summed E-state index contributed by atoms with van der Waals surface area (Å²) in [5.74, 6) is -1.89. The van der Waals surface area contributed by atoms with Crippen molar-refractivity contribution in [2.24, 2.45) is 0 Å². The minimum atomic E-state index is -3.77. The number of sulfone groups is 1. The van der Waals surface area contributed by atoms with E-state index in [9.17, 15) is 17.2 Å². The summed E-state index contributed by atoms with van der Waals surface area (Å²) in [5.41, 5.74) is 5.33. The van der Waals surface area contributed by atoms with Crippen molar-refractivity contribution < 1.29 is 17.2 Å². The first-order valence-corrected chi connectivity index (χ1v) is 6.91. The molecule has 2 aromatic rings. The fourth-order valence-corrected chi connectivity index (χ4v) is 2.86. The second kappa shape index (κ2) is 4.93. The number of rotatable bonds is 3. The van der Waals surface area contributed by atoms with Crippen LogP contribution in [0.15, 0.2) is 41.6 Å². The van der Waals surface area contributed by atoms with Crippen molar-refractivity contribution in [1.29, 1.82) is 0 Å². The Morgan fingerprint density at radius 2 is 1.89 bits per heavy atom. The van der Waals surface area contributed by atoms with Crippen LogP contribution in [0.5, 0.6) is 0 Å². The number of nitrogen functional groups attached to an aromatic ring is 1. The fraction of sp³-hybridized carbons (Fsp3) is 0.0833. The van der Waals surface area contributed by atoms with Gasteiger partial charge in [-0.2, -0.15) is 0 Å². The molecule has 0 radical (unpaired) electrons. The summed E-state index contributed by atoms with van der Waals surface area (Å²) >= 11 is 0. The van der Waals surface area contributed by atoms with Crippen LogP contribution in [0.4, 0.5) is 14.5 Å². The molecule has 0 aliphatic heterocycles. The topological polar surface area (TPSA) is 73.1 Å². The highest BCUT2D eigenvalue weighted by Crippen LogP contribution is 2.20. The minimum Gasteiger partial charge on any atom is -0.396 e. The lowest BCUT2D eigenvalue weighted by Crippen LogP contribution is -2.06. The molecule has 0 bridgehead atoms. The average molecular weight is 284 g/mol. The normalized spacial score (nSPS) is 11.5. The first kappa shape index (κ1) is 13.4. The van der Waals surface area contributed by atoms with Crippen LogP contribution < -0.4 is 5.73 Å². The third-order valence-corrected chi connectivity index (χ3v) is 4.13. The van der Waals surface area contributed by atoms with Gasteiger partial charge in [-0.25, -0.2) is 17.2 Å². The van der Waals surface area contributed by atoms with Crippen molar-refractivity contribution in [3.8, 4) is 0 Å². The van der Waals surface area contributed by atoms with Crippen molar-refractivity contribution >= 4 is 15.5 Å². The fourth-order valence-electron chi connectivity index (χ4n) is 1.54. The number of benzene rings is 1. The summed E-state index contributed by atoms with van der Waals surface area (Å²) in [5, 5.41) is 0. The summed E-state index contributed by atoms with van der Waals surface area (Å²) in [6.45, 7) is 0. The lowest BCUT2D eigenvalue weighted by atomic mass is 10.3. The average Bonchev–Trinajstić information content (AvgIpc) is 2.32.